The van der Waals surface area contributed by atoms with Gasteiger partial charge in [-0.15, -0.1) is 0 Å². The molecule has 1 atom stereocenters. The first-order valence-electron chi connectivity index (χ1n) is 11.7. The van der Waals surface area contributed by atoms with Crippen molar-refractivity contribution in [3.05, 3.63) is 54.0 Å². The van der Waals surface area contributed by atoms with Gasteiger partial charge < -0.3 is 20.5 Å². The number of hydrogen-bond donors (Lipinski definition) is 2. The number of halogens is 3. The van der Waals surface area contributed by atoms with Crippen molar-refractivity contribution < 1.29 is 32.2 Å². The lowest BCUT2D eigenvalue weighted by molar-refractivity contribution is -0.159. The highest BCUT2D eigenvalue weighted by Gasteiger charge is 2.35. The number of esters is 1. The summed E-state index contributed by atoms with van der Waals surface area (Å²) in [6.07, 6.45) is 0. The van der Waals surface area contributed by atoms with Crippen molar-refractivity contribution in [1.82, 2.24) is 9.78 Å². The number of aryl methyl sites for hydroxylation is 1. The Labute approximate surface area is 211 Å². The van der Waals surface area contributed by atoms with Crippen molar-refractivity contribution >= 4 is 17.6 Å². The van der Waals surface area contributed by atoms with E-state index >= 15 is 8.78 Å². The van der Waals surface area contributed by atoms with E-state index in [2.05, 4.69) is 10.4 Å². The fourth-order valence-electron chi connectivity index (χ4n) is 3.99. The molecule has 1 aromatic heterocycles. The number of rotatable bonds is 8. The number of nitrogens with zero attached hydrogens (tertiary/aromatic N) is 2. The molecule has 0 bridgehead atoms. The van der Waals surface area contributed by atoms with Gasteiger partial charge in [0.25, 0.3) is 5.91 Å². The van der Waals surface area contributed by atoms with Crippen LogP contribution in [0.2, 0.25) is 0 Å². The second-order valence-electron chi connectivity index (χ2n) is 9.25. The van der Waals surface area contributed by atoms with Crippen LogP contribution in [-0.2, 0) is 20.9 Å². The fraction of sp³-hybridized carbons (Fsp3) is 0.346. The monoisotopic (exact) mass is 516 g/mol. The standard InChI is InChI=1S/C26H27F3N4O4/c1-14(2)23(30)25(35)37-13-26(28,29)12-33-24(16-4-7-18(27)8-5-16)22(15(3)32-33)17-6-9-20-19(10-17)31-21(34)11-36-20/h4-10,14,23H,11-13,30H2,1-3H3,(H,31,34)/t23-/m0/s1. The van der Waals surface area contributed by atoms with Gasteiger partial charge in [0.15, 0.2) is 13.2 Å². The molecule has 4 rings (SSSR count). The van der Waals surface area contributed by atoms with E-state index in [1.165, 1.54) is 24.3 Å². The molecule has 37 heavy (non-hydrogen) atoms. The van der Waals surface area contributed by atoms with E-state index in [0.29, 0.717) is 39.5 Å². The third-order valence-corrected chi connectivity index (χ3v) is 5.94. The summed E-state index contributed by atoms with van der Waals surface area (Å²) in [7, 11) is 0. The molecule has 0 saturated heterocycles. The zero-order chi connectivity index (χ0) is 26.9. The van der Waals surface area contributed by atoms with Crippen molar-refractivity contribution in [3.8, 4) is 28.1 Å². The lowest BCUT2D eigenvalue weighted by atomic mass is 9.98. The molecule has 0 saturated carbocycles. The maximum atomic E-state index is 15.0. The number of nitrogens with two attached hydrogens (primary N) is 1. The number of anilines is 1. The molecule has 1 aliphatic rings. The van der Waals surface area contributed by atoms with Crippen LogP contribution >= 0.6 is 0 Å². The number of benzene rings is 2. The molecule has 0 fully saturated rings. The van der Waals surface area contributed by atoms with Crippen LogP contribution in [0.15, 0.2) is 42.5 Å². The number of aromatic nitrogens is 2. The van der Waals surface area contributed by atoms with Crippen molar-refractivity contribution in [2.45, 2.75) is 39.3 Å². The second-order valence-corrected chi connectivity index (χ2v) is 9.25. The van der Waals surface area contributed by atoms with E-state index in [4.69, 9.17) is 15.2 Å². The number of ether oxygens (including phenoxy) is 2. The molecule has 196 valence electrons. The minimum Gasteiger partial charge on any atom is -0.482 e. The Morgan fingerprint density at radius 1 is 1.22 bits per heavy atom. The zero-order valence-corrected chi connectivity index (χ0v) is 20.6. The fourth-order valence-corrected chi connectivity index (χ4v) is 3.99. The molecular weight excluding hydrogens is 489 g/mol. The maximum Gasteiger partial charge on any atom is 0.323 e. The Balaban J connectivity index is 1.72. The smallest absolute Gasteiger partial charge is 0.323 e. The van der Waals surface area contributed by atoms with E-state index in [1.807, 2.05) is 0 Å². The number of carbonyl (C=O) groups excluding carboxylic acids is 2. The summed E-state index contributed by atoms with van der Waals surface area (Å²) < 4.78 is 55.0. The normalized spacial score (nSPS) is 14.1. The van der Waals surface area contributed by atoms with Gasteiger partial charge in [0.05, 0.1) is 17.1 Å². The van der Waals surface area contributed by atoms with Crippen molar-refractivity contribution in [1.29, 1.82) is 0 Å². The summed E-state index contributed by atoms with van der Waals surface area (Å²) in [6, 6.07) is 9.43. The van der Waals surface area contributed by atoms with Crippen molar-refractivity contribution in [3.63, 3.8) is 0 Å². The molecule has 2 aromatic carbocycles. The van der Waals surface area contributed by atoms with Crippen LogP contribution in [0, 0.1) is 18.7 Å². The number of fused-ring (bicyclic) bond motifs is 1. The molecule has 0 spiro atoms. The number of carbonyl (C=O) groups is 2. The summed E-state index contributed by atoms with van der Waals surface area (Å²) in [5.41, 5.74) is 8.42. The first-order valence-corrected chi connectivity index (χ1v) is 11.7. The topological polar surface area (TPSA) is 108 Å². The number of amides is 1. The molecule has 0 unspecified atom stereocenters. The Bertz CT molecular complexity index is 1320. The molecular formula is C26H27F3N4O4. The van der Waals surface area contributed by atoms with Gasteiger partial charge in [0.2, 0.25) is 0 Å². The predicted octanol–water partition coefficient (Wildman–Crippen LogP) is 4.16. The lowest BCUT2D eigenvalue weighted by Gasteiger charge is -2.21. The highest BCUT2D eigenvalue weighted by Crippen LogP contribution is 2.40. The van der Waals surface area contributed by atoms with Gasteiger partial charge in [-0.05, 0) is 54.8 Å². The van der Waals surface area contributed by atoms with E-state index < -0.39 is 36.9 Å². The Morgan fingerprint density at radius 2 is 1.89 bits per heavy atom. The summed E-state index contributed by atoms with van der Waals surface area (Å²) >= 11 is 0. The van der Waals surface area contributed by atoms with Crippen LogP contribution < -0.4 is 15.8 Å². The second kappa shape index (κ2) is 10.3. The number of alkyl halides is 2. The zero-order valence-electron chi connectivity index (χ0n) is 20.6. The molecule has 2 heterocycles. The Morgan fingerprint density at radius 3 is 2.57 bits per heavy atom. The van der Waals surface area contributed by atoms with Crippen LogP contribution in [0.1, 0.15) is 19.5 Å². The molecule has 8 nitrogen and oxygen atoms in total. The van der Waals surface area contributed by atoms with Gasteiger partial charge in [-0.2, -0.15) is 5.10 Å². The van der Waals surface area contributed by atoms with Crippen molar-refractivity contribution in [2.24, 2.45) is 11.7 Å². The molecule has 0 aliphatic carbocycles. The van der Waals surface area contributed by atoms with Crippen LogP contribution in [0.25, 0.3) is 22.4 Å². The SMILES string of the molecule is Cc1nn(CC(F)(F)COC(=O)[C@@H](N)C(C)C)c(-c2ccc(F)cc2)c1-c1ccc2c(c1)NC(=O)CO2. The van der Waals surface area contributed by atoms with Gasteiger partial charge in [0.1, 0.15) is 24.2 Å². The van der Waals surface area contributed by atoms with Crippen LogP contribution in [0.4, 0.5) is 18.9 Å². The van der Waals surface area contributed by atoms with E-state index in [1.54, 1.807) is 39.0 Å². The lowest BCUT2D eigenvalue weighted by Crippen LogP contribution is -2.40. The first-order chi connectivity index (χ1) is 17.4. The van der Waals surface area contributed by atoms with E-state index in [9.17, 15) is 14.0 Å². The average Bonchev–Trinajstić information content (AvgIpc) is 3.16. The summed E-state index contributed by atoms with van der Waals surface area (Å²) in [4.78, 5) is 23.8. The highest BCUT2D eigenvalue weighted by molar-refractivity contribution is 5.97. The summed E-state index contributed by atoms with van der Waals surface area (Å²) in [6.45, 7) is 2.84. The Hall–Kier alpha value is -3.86. The number of nitrogens with one attached hydrogen (secondary N) is 1. The quantitative estimate of drug-likeness (QED) is 0.436. The summed E-state index contributed by atoms with van der Waals surface area (Å²) in [5, 5.41) is 7.07. The first kappa shape index (κ1) is 26.2. The average molecular weight is 517 g/mol. The minimum atomic E-state index is -3.48. The van der Waals surface area contributed by atoms with Gasteiger partial charge in [-0.25, -0.2) is 13.2 Å². The van der Waals surface area contributed by atoms with Gasteiger partial charge in [-0.3, -0.25) is 14.3 Å². The maximum absolute atomic E-state index is 15.0. The molecule has 0 radical (unpaired) electrons. The largest absolute Gasteiger partial charge is 0.482 e. The molecule has 3 aromatic rings. The molecule has 11 heteroatoms. The molecule has 1 aliphatic heterocycles. The summed E-state index contributed by atoms with van der Waals surface area (Å²) in [5.74, 6) is -4.99. The van der Waals surface area contributed by atoms with Gasteiger partial charge in [-0.1, -0.05) is 19.9 Å². The highest BCUT2D eigenvalue weighted by atomic mass is 19.3. The van der Waals surface area contributed by atoms with Crippen LogP contribution in [0.3, 0.4) is 0 Å². The van der Waals surface area contributed by atoms with Crippen LogP contribution in [0.5, 0.6) is 5.75 Å². The van der Waals surface area contributed by atoms with Gasteiger partial charge in [0, 0.05) is 11.1 Å². The van der Waals surface area contributed by atoms with E-state index in [-0.39, 0.29) is 18.4 Å². The molecule has 1 amide bonds. The minimum absolute atomic E-state index is 0.105. The molecule has 3 N–H and O–H groups in total. The number of hydrogen-bond acceptors (Lipinski definition) is 6. The van der Waals surface area contributed by atoms with Crippen molar-refractivity contribution in [2.75, 3.05) is 18.5 Å². The van der Waals surface area contributed by atoms with E-state index in [0.717, 1.165) is 4.68 Å². The van der Waals surface area contributed by atoms with Crippen LogP contribution in [-0.4, -0.2) is 46.8 Å². The van der Waals surface area contributed by atoms with Gasteiger partial charge >= 0.3 is 11.9 Å². The third kappa shape index (κ3) is 5.77. The predicted molar refractivity (Wildman–Crippen MR) is 131 cm³/mol. The Kier molecular flexibility index (Phi) is 7.26. The third-order valence-electron chi connectivity index (χ3n) is 5.94.